The molecule has 0 unspecified atom stereocenters. The van der Waals surface area contributed by atoms with Crippen LogP contribution in [0.4, 0.5) is 0 Å². The predicted octanol–water partition coefficient (Wildman–Crippen LogP) is -1.16. The smallest absolute Gasteiger partial charge is 0.274 e. The van der Waals surface area contributed by atoms with Gasteiger partial charge in [-0.05, 0) is 7.05 Å². The molecule has 2 N–H and O–H groups in total. The van der Waals surface area contributed by atoms with Gasteiger partial charge in [0.05, 0.1) is 12.3 Å². The minimum atomic E-state index is -0.185. The summed E-state index contributed by atoms with van der Waals surface area (Å²) in [5, 5.41) is 11.4. The van der Waals surface area contributed by atoms with Crippen molar-refractivity contribution in [1.29, 1.82) is 0 Å². The zero-order valence-corrected chi connectivity index (χ0v) is 8.92. The number of rotatable bonds is 4. The van der Waals surface area contributed by atoms with Crippen molar-refractivity contribution in [2.45, 2.75) is 6.54 Å². The maximum Gasteiger partial charge on any atom is 0.274 e. The number of aliphatic hydroxyl groups excluding tert-OH is 1. The van der Waals surface area contributed by atoms with E-state index in [1.54, 1.807) is 0 Å². The number of nitrogens with one attached hydrogen (secondary N) is 1. The zero-order chi connectivity index (χ0) is 11.5. The number of H-pyrrole nitrogens is 1. The van der Waals surface area contributed by atoms with Crippen molar-refractivity contribution in [2.75, 3.05) is 20.2 Å². The molecule has 16 heavy (non-hydrogen) atoms. The van der Waals surface area contributed by atoms with E-state index in [9.17, 15) is 4.79 Å². The molecule has 0 aliphatic carbocycles. The van der Waals surface area contributed by atoms with E-state index >= 15 is 0 Å². The van der Waals surface area contributed by atoms with Crippen LogP contribution in [0.15, 0.2) is 17.2 Å². The Morgan fingerprint density at radius 1 is 1.62 bits per heavy atom. The van der Waals surface area contributed by atoms with Gasteiger partial charge >= 0.3 is 0 Å². The van der Waals surface area contributed by atoms with Gasteiger partial charge in [0, 0.05) is 19.2 Å². The largest absolute Gasteiger partial charge is 0.395 e. The molecule has 86 valence electrons. The van der Waals surface area contributed by atoms with Crippen molar-refractivity contribution >= 4 is 5.78 Å². The highest BCUT2D eigenvalue weighted by Crippen LogP contribution is 1.98. The molecule has 2 rings (SSSR count). The van der Waals surface area contributed by atoms with Gasteiger partial charge in [-0.2, -0.15) is 4.52 Å². The first-order valence-electron chi connectivity index (χ1n) is 4.92. The van der Waals surface area contributed by atoms with Crippen molar-refractivity contribution < 1.29 is 5.11 Å². The van der Waals surface area contributed by atoms with Crippen molar-refractivity contribution in [3.8, 4) is 0 Å². The molecule has 0 aliphatic heterocycles. The molecule has 0 aromatic carbocycles. The van der Waals surface area contributed by atoms with Gasteiger partial charge in [-0.15, -0.1) is 0 Å². The van der Waals surface area contributed by atoms with E-state index in [1.807, 2.05) is 11.9 Å². The van der Waals surface area contributed by atoms with Crippen molar-refractivity contribution in [1.82, 2.24) is 24.5 Å². The van der Waals surface area contributed by atoms with Crippen LogP contribution < -0.4 is 5.56 Å². The molecule has 0 radical (unpaired) electrons. The van der Waals surface area contributed by atoms with E-state index in [4.69, 9.17) is 5.11 Å². The summed E-state index contributed by atoms with van der Waals surface area (Å²) in [5.74, 6) is 0.361. The van der Waals surface area contributed by atoms with E-state index in [-0.39, 0.29) is 12.2 Å². The van der Waals surface area contributed by atoms with Gasteiger partial charge in [-0.25, -0.2) is 9.97 Å². The van der Waals surface area contributed by atoms with Crippen LogP contribution in [0.25, 0.3) is 5.78 Å². The SMILES string of the molecule is CN(CCO)Cc1cc(=O)n2[nH]cnc2n1. The fourth-order valence-corrected chi connectivity index (χ4v) is 1.48. The first kappa shape index (κ1) is 10.8. The number of hydrogen-bond donors (Lipinski definition) is 2. The number of likely N-dealkylation sites (N-methyl/N-ethyl adjacent to an activating group) is 1. The molecule has 0 saturated heterocycles. The second-order valence-corrected chi connectivity index (χ2v) is 3.57. The molecule has 7 heteroatoms. The number of hydrogen-bond acceptors (Lipinski definition) is 5. The molecule has 0 fully saturated rings. The topological polar surface area (TPSA) is 86.5 Å². The van der Waals surface area contributed by atoms with Gasteiger partial charge in [-0.3, -0.25) is 14.8 Å². The second kappa shape index (κ2) is 4.42. The van der Waals surface area contributed by atoms with Crippen LogP contribution in [0.5, 0.6) is 0 Å². The molecule has 0 atom stereocenters. The van der Waals surface area contributed by atoms with E-state index in [2.05, 4.69) is 15.1 Å². The van der Waals surface area contributed by atoms with Gasteiger partial charge < -0.3 is 5.11 Å². The minimum absolute atomic E-state index is 0.0835. The van der Waals surface area contributed by atoms with Gasteiger partial charge in [-0.1, -0.05) is 0 Å². The summed E-state index contributed by atoms with van der Waals surface area (Å²) >= 11 is 0. The molecule has 0 amide bonds. The van der Waals surface area contributed by atoms with Crippen molar-refractivity contribution in [2.24, 2.45) is 0 Å². The molecule has 2 heterocycles. The number of fused-ring (bicyclic) bond motifs is 1. The predicted molar refractivity (Wildman–Crippen MR) is 57.0 cm³/mol. The Bertz CT molecular complexity index is 532. The van der Waals surface area contributed by atoms with E-state index < -0.39 is 0 Å². The lowest BCUT2D eigenvalue weighted by atomic mass is 10.3. The molecule has 0 saturated carbocycles. The highest BCUT2D eigenvalue weighted by molar-refractivity contribution is 5.25. The van der Waals surface area contributed by atoms with Crippen LogP contribution in [-0.4, -0.2) is 49.8 Å². The van der Waals surface area contributed by atoms with Crippen LogP contribution in [0.3, 0.4) is 0 Å². The standard InChI is InChI=1S/C9H13N5O2/c1-13(2-3-15)5-7-4-8(16)14-9(12-7)10-6-11-14/h4,6,15H,2-3,5H2,1H3,(H,10,11,12). The van der Waals surface area contributed by atoms with Crippen molar-refractivity contribution in [3.05, 3.63) is 28.4 Å². The molecule has 0 spiro atoms. The molecular weight excluding hydrogens is 210 g/mol. The lowest BCUT2D eigenvalue weighted by molar-refractivity contribution is 0.216. The minimum Gasteiger partial charge on any atom is -0.395 e. The third-order valence-electron chi connectivity index (χ3n) is 2.23. The third kappa shape index (κ3) is 2.10. The maximum absolute atomic E-state index is 11.6. The average Bonchev–Trinajstić information content (AvgIpc) is 2.66. The fraction of sp³-hybridized carbons (Fsp3) is 0.444. The van der Waals surface area contributed by atoms with Gasteiger partial charge in [0.1, 0.15) is 6.33 Å². The quantitative estimate of drug-likeness (QED) is 0.683. The van der Waals surface area contributed by atoms with E-state index in [0.29, 0.717) is 24.6 Å². The summed E-state index contributed by atoms with van der Waals surface area (Å²) < 4.78 is 1.27. The Balaban J connectivity index is 2.28. The van der Waals surface area contributed by atoms with Crippen LogP contribution >= 0.6 is 0 Å². The Morgan fingerprint density at radius 3 is 3.19 bits per heavy atom. The molecule has 0 aliphatic rings. The Hall–Kier alpha value is -1.73. The maximum atomic E-state index is 11.6. The van der Waals surface area contributed by atoms with E-state index in [0.717, 1.165) is 0 Å². The monoisotopic (exact) mass is 223 g/mol. The fourth-order valence-electron chi connectivity index (χ4n) is 1.48. The molecular formula is C9H13N5O2. The lowest BCUT2D eigenvalue weighted by Gasteiger charge is -2.13. The summed E-state index contributed by atoms with van der Waals surface area (Å²) in [6.45, 7) is 1.14. The third-order valence-corrected chi connectivity index (χ3v) is 2.23. The number of aliphatic hydroxyl groups is 1. The van der Waals surface area contributed by atoms with Crippen LogP contribution in [0.1, 0.15) is 5.69 Å². The lowest BCUT2D eigenvalue weighted by Crippen LogP contribution is -2.24. The zero-order valence-electron chi connectivity index (χ0n) is 8.92. The number of aromatic amines is 1. The van der Waals surface area contributed by atoms with Crippen LogP contribution in [-0.2, 0) is 6.54 Å². The van der Waals surface area contributed by atoms with Gasteiger partial charge in [0.15, 0.2) is 0 Å². The van der Waals surface area contributed by atoms with E-state index in [1.165, 1.54) is 16.9 Å². The van der Waals surface area contributed by atoms with Gasteiger partial charge in [0.25, 0.3) is 11.3 Å². The summed E-state index contributed by atoms with van der Waals surface area (Å²) in [6.07, 6.45) is 1.42. The Morgan fingerprint density at radius 2 is 2.44 bits per heavy atom. The molecule has 0 bridgehead atoms. The first-order chi connectivity index (χ1) is 7.70. The number of aromatic nitrogens is 4. The second-order valence-electron chi connectivity index (χ2n) is 3.57. The number of nitrogens with zero attached hydrogens (tertiary/aromatic N) is 4. The average molecular weight is 223 g/mol. The molecule has 2 aromatic heterocycles. The Labute approximate surface area is 91.4 Å². The van der Waals surface area contributed by atoms with Crippen LogP contribution in [0, 0.1) is 0 Å². The van der Waals surface area contributed by atoms with Crippen LogP contribution in [0.2, 0.25) is 0 Å². The van der Waals surface area contributed by atoms with Crippen molar-refractivity contribution in [3.63, 3.8) is 0 Å². The summed E-state index contributed by atoms with van der Waals surface area (Å²) in [4.78, 5) is 21.6. The highest BCUT2D eigenvalue weighted by atomic mass is 16.3. The normalized spacial score (nSPS) is 11.4. The summed E-state index contributed by atoms with van der Waals surface area (Å²) in [5.41, 5.74) is 0.461. The summed E-state index contributed by atoms with van der Waals surface area (Å²) in [6, 6.07) is 1.46. The Kier molecular flexibility index (Phi) is 2.97. The highest BCUT2D eigenvalue weighted by Gasteiger charge is 2.06. The first-order valence-corrected chi connectivity index (χ1v) is 4.92. The molecule has 2 aromatic rings. The van der Waals surface area contributed by atoms with Gasteiger partial charge in [0.2, 0.25) is 0 Å². The molecule has 7 nitrogen and oxygen atoms in total. The summed E-state index contributed by atoms with van der Waals surface area (Å²) in [7, 11) is 1.85.